The van der Waals surface area contributed by atoms with Gasteiger partial charge in [0.05, 0.1) is 0 Å². The number of amides is 2. The summed E-state index contributed by atoms with van der Waals surface area (Å²) in [6.07, 6.45) is 3.94. The van der Waals surface area contributed by atoms with Gasteiger partial charge in [-0.3, -0.25) is 14.4 Å². The van der Waals surface area contributed by atoms with Crippen LogP contribution in [0.3, 0.4) is 0 Å². The van der Waals surface area contributed by atoms with Crippen LogP contribution in [0.15, 0.2) is 11.3 Å². The van der Waals surface area contributed by atoms with Crippen LogP contribution in [0.2, 0.25) is 0 Å². The van der Waals surface area contributed by atoms with E-state index in [1.54, 1.807) is 7.05 Å². The Labute approximate surface area is 124 Å². The molecule has 0 heterocycles. The highest BCUT2D eigenvalue weighted by molar-refractivity contribution is 6.18. The largest absolute Gasteiger partial charge is 0.512 e. The molecule has 2 amide bonds. The van der Waals surface area contributed by atoms with Crippen LogP contribution in [-0.4, -0.2) is 53.0 Å². The first-order valence-electron chi connectivity index (χ1n) is 6.96. The lowest BCUT2D eigenvalue weighted by molar-refractivity contribution is -0.138. The van der Waals surface area contributed by atoms with E-state index in [-0.39, 0.29) is 0 Å². The van der Waals surface area contributed by atoms with Crippen molar-refractivity contribution in [2.45, 2.75) is 39.5 Å². The Morgan fingerprint density at radius 1 is 1.10 bits per heavy atom. The number of carbonyl (C=O) groups is 3. The molecule has 7 heteroatoms. The van der Waals surface area contributed by atoms with E-state index >= 15 is 0 Å². The van der Waals surface area contributed by atoms with Crippen LogP contribution in [0.5, 0.6) is 0 Å². The number of likely N-dealkylation sites (N-methyl/N-ethyl adjacent to an activating group) is 1. The minimum absolute atomic E-state index is 0.422. The molecule has 0 aromatic rings. The van der Waals surface area contributed by atoms with E-state index in [0.29, 0.717) is 6.54 Å². The summed E-state index contributed by atoms with van der Waals surface area (Å²) in [6.45, 7) is 3.17. The number of rotatable bonds is 9. The normalized spacial score (nSPS) is 11.6. The van der Waals surface area contributed by atoms with Gasteiger partial charge in [0, 0.05) is 13.6 Å². The van der Waals surface area contributed by atoms with Crippen molar-refractivity contribution in [2.75, 3.05) is 20.1 Å². The average molecular weight is 300 g/mol. The zero-order chi connectivity index (χ0) is 16.4. The van der Waals surface area contributed by atoms with E-state index in [1.807, 2.05) is 0 Å². The van der Waals surface area contributed by atoms with Crippen molar-refractivity contribution in [1.82, 2.24) is 10.2 Å². The number of carboxylic acids is 1. The monoisotopic (exact) mass is 300 g/mol. The number of aliphatic hydroxyl groups excluding tert-OH is 1. The smallest absolute Gasteiger partial charge is 0.322 e. The highest BCUT2D eigenvalue weighted by Gasteiger charge is 2.24. The number of carbonyl (C=O) groups excluding carboxylic acids is 2. The van der Waals surface area contributed by atoms with Crippen LogP contribution < -0.4 is 5.32 Å². The van der Waals surface area contributed by atoms with Gasteiger partial charge in [0.15, 0.2) is 0 Å². The Morgan fingerprint density at radius 2 is 1.71 bits per heavy atom. The molecular formula is C14H24N2O5. The summed E-state index contributed by atoms with van der Waals surface area (Å²) in [7, 11) is 1.54. The minimum atomic E-state index is -1.22. The van der Waals surface area contributed by atoms with Crippen molar-refractivity contribution in [1.29, 1.82) is 0 Å². The molecule has 0 saturated heterocycles. The molecular weight excluding hydrogens is 276 g/mol. The molecule has 0 spiro atoms. The van der Waals surface area contributed by atoms with Gasteiger partial charge in [-0.1, -0.05) is 26.2 Å². The third kappa shape index (κ3) is 7.34. The Morgan fingerprint density at radius 3 is 2.19 bits per heavy atom. The number of hydrogen-bond acceptors (Lipinski definition) is 4. The molecule has 0 rings (SSSR count). The summed E-state index contributed by atoms with van der Waals surface area (Å²) in [5.41, 5.74) is -0.422. The van der Waals surface area contributed by atoms with E-state index in [2.05, 4.69) is 12.2 Å². The molecule has 0 fully saturated rings. The van der Waals surface area contributed by atoms with Gasteiger partial charge < -0.3 is 20.4 Å². The summed E-state index contributed by atoms with van der Waals surface area (Å²) in [5.74, 6) is -3.15. The van der Waals surface area contributed by atoms with Crippen molar-refractivity contribution in [2.24, 2.45) is 0 Å². The van der Waals surface area contributed by atoms with Crippen molar-refractivity contribution in [3.63, 3.8) is 0 Å². The summed E-state index contributed by atoms with van der Waals surface area (Å²) in [6, 6.07) is 0. The van der Waals surface area contributed by atoms with Gasteiger partial charge in [-0.15, -0.1) is 0 Å². The predicted octanol–water partition coefficient (Wildman–Crippen LogP) is 1.06. The number of nitrogens with zero attached hydrogens (tertiary/aromatic N) is 1. The maximum atomic E-state index is 12.1. The fourth-order valence-electron chi connectivity index (χ4n) is 1.73. The number of unbranched alkanes of at least 4 members (excludes halogenated alkanes) is 3. The molecule has 0 aromatic heterocycles. The first-order valence-corrected chi connectivity index (χ1v) is 6.96. The molecule has 0 saturated carbocycles. The van der Waals surface area contributed by atoms with Gasteiger partial charge in [0.2, 0.25) is 0 Å². The van der Waals surface area contributed by atoms with Gasteiger partial charge in [0.25, 0.3) is 11.8 Å². The maximum absolute atomic E-state index is 12.1. The molecule has 7 nitrogen and oxygen atoms in total. The fourth-order valence-corrected chi connectivity index (χ4v) is 1.73. The van der Waals surface area contributed by atoms with Crippen LogP contribution in [0.25, 0.3) is 0 Å². The molecule has 21 heavy (non-hydrogen) atoms. The van der Waals surface area contributed by atoms with Crippen molar-refractivity contribution < 1.29 is 24.6 Å². The predicted molar refractivity (Wildman–Crippen MR) is 77.8 cm³/mol. The molecule has 0 aliphatic rings. The van der Waals surface area contributed by atoms with Gasteiger partial charge in [0.1, 0.15) is 17.9 Å². The van der Waals surface area contributed by atoms with Crippen LogP contribution in [0, 0.1) is 0 Å². The molecule has 0 aliphatic heterocycles. The molecule has 0 bridgehead atoms. The Balaban J connectivity index is 4.66. The van der Waals surface area contributed by atoms with E-state index in [4.69, 9.17) is 5.11 Å². The summed E-state index contributed by atoms with van der Waals surface area (Å²) in [4.78, 5) is 35.7. The standard InChI is InChI=1S/C14H24N2O5/c1-4-5-6-7-8-16(3)14(21)12(10(2)17)13(20)15-9-11(18)19/h17H,4-9H2,1-3H3,(H,15,20)(H,18,19)/b12-10+. The number of hydrogen-bond donors (Lipinski definition) is 3. The zero-order valence-corrected chi connectivity index (χ0v) is 12.8. The quantitative estimate of drug-likeness (QED) is 0.194. The van der Waals surface area contributed by atoms with Crippen LogP contribution >= 0.6 is 0 Å². The lowest BCUT2D eigenvalue weighted by Crippen LogP contribution is -2.39. The third-order valence-corrected chi connectivity index (χ3v) is 2.90. The highest BCUT2D eigenvalue weighted by atomic mass is 16.4. The van der Waals surface area contributed by atoms with Gasteiger partial charge in [-0.25, -0.2) is 0 Å². The molecule has 0 atom stereocenters. The van der Waals surface area contributed by atoms with Crippen molar-refractivity contribution in [3.8, 4) is 0 Å². The Bertz CT molecular complexity index is 414. The Kier molecular flexibility index (Phi) is 8.84. The number of aliphatic carboxylic acids is 1. The van der Waals surface area contributed by atoms with Crippen LogP contribution in [0.1, 0.15) is 39.5 Å². The lowest BCUT2D eigenvalue weighted by Gasteiger charge is -2.19. The average Bonchev–Trinajstić information content (AvgIpc) is 2.40. The number of carboxylic acid groups (broad SMARTS) is 1. The van der Waals surface area contributed by atoms with Crippen LogP contribution in [0.4, 0.5) is 0 Å². The van der Waals surface area contributed by atoms with Crippen molar-refractivity contribution in [3.05, 3.63) is 11.3 Å². The van der Waals surface area contributed by atoms with Crippen molar-refractivity contribution >= 4 is 17.8 Å². The fraction of sp³-hybridized carbons (Fsp3) is 0.643. The number of allylic oxidation sites excluding steroid dienone is 1. The van der Waals surface area contributed by atoms with Gasteiger partial charge >= 0.3 is 5.97 Å². The second-order valence-corrected chi connectivity index (χ2v) is 4.82. The van der Waals surface area contributed by atoms with E-state index in [0.717, 1.165) is 25.7 Å². The molecule has 0 radical (unpaired) electrons. The van der Waals surface area contributed by atoms with Crippen LogP contribution in [-0.2, 0) is 14.4 Å². The molecule has 120 valence electrons. The second kappa shape index (κ2) is 9.79. The SMILES string of the molecule is CCCCCCN(C)C(=O)/C(C(=O)NCC(=O)O)=C(\C)O. The zero-order valence-electron chi connectivity index (χ0n) is 12.8. The molecule has 3 N–H and O–H groups in total. The first kappa shape index (κ1) is 18.9. The van der Waals surface area contributed by atoms with Gasteiger partial charge in [-0.2, -0.15) is 0 Å². The topological polar surface area (TPSA) is 107 Å². The molecule has 0 aliphatic carbocycles. The highest BCUT2D eigenvalue weighted by Crippen LogP contribution is 2.08. The lowest BCUT2D eigenvalue weighted by atomic mass is 10.1. The third-order valence-electron chi connectivity index (χ3n) is 2.90. The van der Waals surface area contributed by atoms with E-state index < -0.39 is 35.7 Å². The maximum Gasteiger partial charge on any atom is 0.322 e. The first-order chi connectivity index (χ1) is 9.81. The summed E-state index contributed by atoms with van der Waals surface area (Å²) in [5, 5.41) is 20.1. The Hall–Kier alpha value is -2.05. The molecule has 0 unspecified atom stereocenters. The summed E-state index contributed by atoms with van der Waals surface area (Å²) < 4.78 is 0. The number of nitrogens with one attached hydrogen (secondary N) is 1. The number of aliphatic hydroxyl groups is 1. The second-order valence-electron chi connectivity index (χ2n) is 4.82. The van der Waals surface area contributed by atoms with E-state index in [9.17, 15) is 19.5 Å². The van der Waals surface area contributed by atoms with E-state index in [1.165, 1.54) is 11.8 Å². The molecule has 0 aromatic carbocycles. The summed E-state index contributed by atoms with van der Waals surface area (Å²) >= 11 is 0. The minimum Gasteiger partial charge on any atom is -0.512 e. The van der Waals surface area contributed by atoms with Gasteiger partial charge in [-0.05, 0) is 13.3 Å².